The number of rotatable bonds is 2. The molecule has 1 saturated heterocycles. The third-order valence-corrected chi connectivity index (χ3v) is 2.19. The minimum absolute atomic E-state index is 0.130. The molecule has 7 nitrogen and oxygen atoms in total. The summed E-state index contributed by atoms with van der Waals surface area (Å²) in [6.45, 7) is -0.130. The third kappa shape index (κ3) is 1.86. The first kappa shape index (κ1) is 11.3. The number of carbonyl (C=O) groups is 1. The van der Waals surface area contributed by atoms with Gasteiger partial charge >= 0.3 is 5.97 Å². The Hall–Kier alpha value is -0.730. The fourth-order valence-electron chi connectivity index (χ4n) is 1.35. The standard InChI is InChI=1S/C7H13NO6/c8-1-2-3(9)4(10)5(11)6(14-2)7(12)13/h2-6,9-11H,1,8H2,(H,12,13)/t2?,3-,4+,5+,6-/m0/s1. The Bertz CT molecular complexity index is 220. The first-order valence-corrected chi connectivity index (χ1v) is 4.11. The van der Waals surface area contributed by atoms with Crippen molar-refractivity contribution >= 4 is 5.97 Å². The third-order valence-electron chi connectivity index (χ3n) is 2.19. The van der Waals surface area contributed by atoms with Crippen molar-refractivity contribution in [2.45, 2.75) is 30.5 Å². The highest BCUT2D eigenvalue weighted by Gasteiger charge is 2.46. The lowest BCUT2D eigenvalue weighted by atomic mass is 9.95. The largest absolute Gasteiger partial charge is 0.479 e. The molecule has 1 aliphatic rings. The van der Waals surface area contributed by atoms with E-state index >= 15 is 0 Å². The summed E-state index contributed by atoms with van der Waals surface area (Å²) in [6, 6.07) is 0. The smallest absolute Gasteiger partial charge is 0.335 e. The van der Waals surface area contributed by atoms with Crippen LogP contribution in [0.3, 0.4) is 0 Å². The van der Waals surface area contributed by atoms with Gasteiger partial charge in [0.15, 0.2) is 6.10 Å². The van der Waals surface area contributed by atoms with Crippen LogP contribution in [0.2, 0.25) is 0 Å². The second kappa shape index (κ2) is 4.20. The van der Waals surface area contributed by atoms with E-state index in [1.807, 2.05) is 0 Å². The van der Waals surface area contributed by atoms with Gasteiger partial charge in [0.1, 0.15) is 18.3 Å². The number of carboxylic acids is 1. The maximum Gasteiger partial charge on any atom is 0.335 e. The SMILES string of the molecule is NCC1O[C@H](C(=O)O)[C@H](O)[C@H](O)[C@H]1O. The Morgan fingerprint density at radius 1 is 1.21 bits per heavy atom. The number of nitrogens with two attached hydrogens (primary N) is 1. The van der Waals surface area contributed by atoms with E-state index in [-0.39, 0.29) is 6.54 Å². The second-order valence-electron chi connectivity index (χ2n) is 3.14. The quantitative estimate of drug-likeness (QED) is 0.323. The van der Waals surface area contributed by atoms with Gasteiger partial charge in [-0.25, -0.2) is 4.79 Å². The molecule has 0 aromatic rings. The van der Waals surface area contributed by atoms with Crippen LogP contribution in [0.15, 0.2) is 0 Å². The lowest BCUT2D eigenvalue weighted by Gasteiger charge is -2.38. The van der Waals surface area contributed by atoms with Crippen LogP contribution < -0.4 is 5.73 Å². The normalized spacial score (nSPS) is 43.6. The van der Waals surface area contributed by atoms with E-state index in [1.54, 1.807) is 0 Å². The predicted octanol–water partition coefficient (Wildman–Crippen LogP) is -3.12. The van der Waals surface area contributed by atoms with Gasteiger partial charge in [0, 0.05) is 6.54 Å². The highest BCUT2D eigenvalue weighted by atomic mass is 16.6. The molecule has 0 spiro atoms. The Morgan fingerprint density at radius 3 is 2.21 bits per heavy atom. The van der Waals surface area contributed by atoms with Crippen LogP contribution >= 0.6 is 0 Å². The maximum absolute atomic E-state index is 10.6. The lowest BCUT2D eigenvalue weighted by molar-refractivity contribution is -0.225. The van der Waals surface area contributed by atoms with Crippen molar-refractivity contribution in [2.24, 2.45) is 5.73 Å². The van der Waals surface area contributed by atoms with E-state index in [4.69, 9.17) is 15.6 Å². The molecule has 6 N–H and O–H groups in total. The van der Waals surface area contributed by atoms with Crippen molar-refractivity contribution in [1.82, 2.24) is 0 Å². The van der Waals surface area contributed by atoms with E-state index in [0.29, 0.717) is 0 Å². The molecule has 0 aromatic heterocycles. The van der Waals surface area contributed by atoms with Crippen LogP contribution in [0.4, 0.5) is 0 Å². The second-order valence-corrected chi connectivity index (χ2v) is 3.14. The molecule has 1 rings (SSSR count). The highest BCUT2D eigenvalue weighted by molar-refractivity contribution is 5.73. The van der Waals surface area contributed by atoms with Crippen LogP contribution in [0, 0.1) is 0 Å². The Morgan fingerprint density at radius 2 is 1.79 bits per heavy atom. The number of aliphatic hydroxyl groups is 3. The van der Waals surface area contributed by atoms with Gasteiger partial charge in [0.25, 0.3) is 0 Å². The predicted molar refractivity (Wildman–Crippen MR) is 43.4 cm³/mol. The molecular formula is C7H13NO6. The zero-order valence-electron chi connectivity index (χ0n) is 7.28. The molecule has 82 valence electrons. The molecule has 0 bridgehead atoms. The van der Waals surface area contributed by atoms with Gasteiger partial charge in [-0.1, -0.05) is 0 Å². The van der Waals surface area contributed by atoms with Crippen molar-refractivity contribution in [3.8, 4) is 0 Å². The van der Waals surface area contributed by atoms with Crippen LogP contribution in [0.5, 0.6) is 0 Å². The average Bonchev–Trinajstić information content (AvgIpc) is 2.14. The Labute approximate surface area is 79.7 Å². The first-order valence-electron chi connectivity index (χ1n) is 4.11. The molecule has 5 atom stereocenters. The minimum Gasteiger partial charge on any atom is -0.479 e. The van der Waals surface area contributed by atoms with E-state index in [0.717, 1.165) is 0 Å². The molecule has 1 heterocycles. The molecule has 1 aliphatic heterocycles. The molecule has 0 aliphatic carbocycles. The summed E-state index contributed by atoms with van der Waals surface area (Å²) in [5, 5.41) is 36.4. The number of hydrogen-bond acceptors (Lipinski definition) is 6. The average molecular weight is 207 g/mol. The van der Waals surface area contributed by atoms with Crippen molar-refractivity contribution < 1.29 is 30.0 Å². The molecule has 1 unspecified atom stereocenters. The molecule has 7 heteroatoms. The molecule has 1 fully saturated rings. The first-order chi connectivity index (χ1) is 6.49. The fourth-order valence-corrected chi connectivity index (χ4v) is 1.35. The Balaban J connectivity index is 2.78. The van der Waals surface area contributed by atoms with Crippen LogP contribution in [0.1, 0.15) is 0 Å². The molecular weight excluding hydrogens is 194 g/mol. The Kier molecular flexibility index (Phi) is 3.40. The zero-order chi connectivity index (χ0) is 10.9. The minimum atomic E-state index is -1.65. The molecule has 14 heavy (non-hydrogen) atoms. The van der Waals surface area contributed by atoms with Crippen LogP contribution in [-0.4, -0.2) is 63.5 Å². The van der Waals surface area contributed by atoms with E-state index in [1.165, 1.54) is 0 Å². The van der Waals surface area contributed by atoms with Gasteiger partial charge in [-0.2, -0.15) is 0 Å². The number of aliphatic carboxylic acids is 1. The number of carboxylic acid groups (broad SMARTS) is 1. The van der Waals surface area contributed by atoms with Gasteiger partial charge in [-0.3, -0.25) is 0 Å². The molecule has 0 radical (unpaired) electrons. The molecule has 0 amide bonds. The van der Waals surface area contributed by atoms with Crippen LogP contribution in [-0.2, 0) is 9.53 Å². The molecule has 0 aromatic carbocycles. The number of hydrogen-bond donors (Lipinski definition) is 5. The van der Waals surface area contributed by atoms with Gasteiger partial charge < -0.3 is 30.9 Å². The summed E-state index contributed by atoms with van der Waals surface area (Å²) in [5.41, 5.74) is 5.19. The summed E-state index contributed by atoms with van der Waals surface area (Å²) < 4.78 is 4.81. The topological polar surface area (TPSA) is 133 Å². The van der Waals surface area contributed by atoms with Crippen LogP contribution in [0.25, 0.3) is 0 Å². The molecule has 0 saturated carbocycles. The van der Waals surface area contributed by atoms with Gasteiger partial charge in [0.05, 0.1) is 6.10 Å². The monoisotopic (exact) mass is 207 g/mol. The number of ether oxygens (including phenoxy) is 1. The van der Waals surface area contributed by atoms with Crippen molar-refractivity contribution in [1.29, 1.82) is 0 Å². The van der Waals surface area contributed by atoms with E-state index in [9.17, 15) is 20.1 Å². The van der Waals surface area contributed by atoms with Crippen molar-refractivity contribution in [3.63, 3.8) is 0 Å². The van der Waals surface area contributed by atoms with Gasteiger partial charge in [-0.05, 0) is 0 Å². The van der Waals surface area contributed by atoms with Gasteiger partial charge in [-0.15, -0.1) is 0 Å². The van der Waals surface area contributed by atoms with Crippen molar-refractivity contribution in [3.05, 3.63) is 0 Å². The summed E-state index contributed by atoms with van der Waals surface area (Å²) in [7, 11) is 0. The fraction of sp³-hybridized carbons (Fsp3) is 0.857. The highest BCUT2D eigenvalue weighted by Crippen LogP contribution is 2.20. The summed E-state index contributed by atoms with van der Waals surface area (Å²) >= 11 is 0. The van der Waals surface area contributed by atoms with Crippen molar-refractivity contribution in [2.75, 3.05) is 6.54 Å². The van der Waals surface area contributed by atoms with E-state index in [2.05, 4.69) is 0 Å². The summed E-state index contributed by atoms with van der Waals surface area (Å²) in [6.07, 6.45) is -7.11. The maximum atomic E-state index is 10.6. The van der Waals surface area contributed by atoms with E-state index < -0.39 is 36.5 Å². The lowest BCUT2D eigenvalue weighted by Crippen LogP contribution is -2.61. The summed E-state index contributed by atoms with van der Waals surface area (Å²) in [5.74, 6) is -1.40. The number of aliphatic hydroxyl groups excluding tert-OH is 3. The van der Waals surface area contributed by atoms with Gasteiger partial charge in [0.2, 0.25) is 0 Å². The summed E-state index contributed by atoms with van der Waals surface area (Å²) in [4.78, 5) is 10.6. The zero-order valence-corrected chi connectivity index (χ0v) is 7.28.